The standard InChI is InChI=1S/C13H21N5O5S2/c1-16-9-14-15-13(16)25(22,23)11-7-17(8-11)12(19)10-3-5-18(6-4-10)24(2,20)21/h9-11H,3-8H2,1-2H3. The van der Waals surface area contributed by atoms with Crippen LogP contribution in [0, 0.1) is 5.92 Å². The Labute approximate surface area is 146 Å². The Bertz CT molecular complexity index is 864. The Hall–Kier alpha value is -1.53. The van der Waals surface area contributed by atoms with Gasteiger partial charge >= 0.3 is 0 Å². The summed E-state index contributed by atoms with van der Waals surface area (Å²) in [6.45, 7) is 0.925. The van der Waals surface area contributed by atoms with E-state index in [-0.39, 0.29) is 30.1 Å². The number of amides is 1. The maximum absolute atomic E-state index is 12.5. The van der Waals surface area contributed by atoms with Crippen molar-refractivity contribution in [3.05, 3.63) is 6.33 Å². The summed E-state index contributed by atoms with van der Waals surface area (Å²) in [4.78, 5) is 14.0. The minimum absolute atomic E-state index is 0.0916. The van der Waals surface area contributed by atoms with Gasteiger partial charge in [0.15, 0.2) is 0 Å². The normalized spacial score (nSPS) is 21.3. The van der Waals surface area contributed by atoms with Crippen LogP contribution >= 0.6 is 0 Å². The zero-order chi connectivity index (χ0) is 18.4. The molecule has 140 valence electrons. The monoisotopic (exact) mass is 391 g/mol. The molecule has 0 saturated carbocycles. The van der Waals surface area contributed by atoms with Gasteiger partial charge in [0.25, 0.3) is 0 Å². The number of rotatable bonds is 4. The lowest BCUT2D eigenvalue weighted by atomic mass is 9.95. The predicted molar refractivity (Wildman–Crippen MR) is 87.7 cm³/mol. The maximum atomic E-state index is 12.5. The largest absolute Gasteiger partial charge is 0.340 e. The van der Waals surface area contributed by atoms with E-state index in [2.05, 4.69) is 10.2 Å². The molecule has 2 fully saturated rings. The topological polar surface area (TPSA) is 123 Å². The molecule has 0 N–H and O–H groups in total. The van der Waals surface area contributed by atoms with Crippen LogP contribution in [0.4, 0.5) is 0 Å². The van der Waals surface area contributed by atoms with Gasteiger partial charge in [-0.3, -0.25) is 4.79 Å². The van der Waals surface area contributed by atoms with E-state index >= 15 is 0 Å². The summed E-state index contributed by atoms with van der Waals surface area (Å²) >= 11 is 0. The van der Waals surface area contributed by atoms with Crippen LogP contribution in [0.3, 0.4) is 0 Å². The van der Waals surface area contributed by atoms with Gasteiger partial charge in [-0.15, -0.1) is 10.2 Å². The van der Waals surface area contributed by atoms with Crippen molar-refractivity contribution in [1.82, 2.24) is 24.0 Å². The second-order valence-electron chi connectivity index (χ2n) is 6.57. The smallest absolute Gasteiger partial charge is 0.249 e. The average molecular weight is 391 g/mol. The Morgan fingerprint density at radius 1 is 1.16 bits per heavy atom. The fourth-order valence-corrected chi connectivity index (χ4v) is 5.72. The highest BCUT2D eigenvalue weighted by Crippen LogP contribution is 2.27. The number of aryl methyl sites for hydroxylation is 1. The van der Waals surface area contributed by atoms with Crippen LogP contribution in [-0.4, -0.2) is 84.4 Å². The summed E-state index contributed by atoms with van der Waals surface area (Å²) in [5.74, 6) is -0.353. The predicted octanol–water partition coefficient (Wildman–Crippen LogP) is -1.53. The molecule has 25 heavy (non-hydrogen) atoms. The second kappa shape index (κ2) is 6.32. The highest BCUT2D eigenvalue weighted by Gasteiger charge is 2.44. The van der Waals surface area contributed by atoms with Gasteiger partial charge in [-0.25, -0.2) is 21.1 Å². The summed E-state index contributed by atoms with van der Waals surface area (Å²) in [6.07, 6.45) is 3.41. The van der Waals surface area contributed by atoms with Gasteiger partial charge < -0.3 is 9.47 Å². The fraction of sp³-hybridized carbons (Fsp3) is 0.769. The van der Waals surface area contributed by atoms with Gasteiger partial charge in [-0.1, -0.05) is 0 Å². The zero-order valence-electron chi connectivity index (χ0n) is 14.1. The number of sulfone groups is 1. The summed E-state index contributed by atoms with van der Waals surface area (Å²) in [5.41, 5.74) is 0. The number of hydrogen-bond acceptors (Lipinski definition) is 7. The molecular weight excluding hydrogens is 370 g/mol. The number of piperidine rings is 1. The van der Waals surface area contributed by atoms with Gasteiger partial charge in [0, 0.05) is 39.1 Å². The third-order valence-corrected chi connectivity index (χ3v) is 8.15. The van der Waals surface area contributed by atoms with Crippen molar-refractivity contribution in [3.8, 4) is 0 Å². The molecule has 10 nitrogen and oxygen atoms in total. The van der Waals surface area contributed by atoms with E-state index < -0.39 is 25.1 Å². The van der Waals surface area contributed by atoms with Crippen LogP contribution in [-0.2, 0) is 31.7 Å². The van der Waals surface area contributed by atoms with Crippen LogP contribution in [0.15, 0.2) is 11.5 Å². The Morgan fingerprint density at radius 2 is 1.76 bits per heavy atom. The van der Waals surface area contributed by atoms with E-state index in [9.17, 15) is 21.6 Å². The molecule has 0 aliphatic carbocycles. The van der Waals surface area contributed by atoms with Crippen molar-refractivity contribution >= 4 is 25.8 Å². The number of hydrogen-bond donors (Lipinski definition) is 0. The summed E-state index contributed by atoms with van der Waals surface area (Å²) in [5, 5.41) is 6.46. The average Bonchev–Trinajstić information content (AvgIpc) is 2.91. The zero-order valence-corrected chi connectivity index (χ0v) is 15.7. The lowest BCUT2D eigenvalue weighted by molar-refractivity contribution is -0.140. The lowest BCUT2D eigenvalue weighted by Crippen LogP contribution is -2.59. The van der Waals surface area contributed by atoms with Gasteiger partial charge in [0.1, 0.15) is 11.6 Å². The molecular formula is C13H21N5O5S2. The number of carbonyl (C=O) groups excluding carboxylic acids is 1. The van der Waals surface area contributed by atoms with E-state index in [0.29, 0.717) is 25.9 Å². The van der Waals surface area contributed by atoms with Crippen molar-refractivity contribution < 1.29 is 21.6 Å². The summed E-state index contributed by atoms with van der Waals surface area (Å²) in [7, 11) is -5.28. The number of sulfonamides is 1. The van der Waals surface area contributed by atoms with E-state index in [4.69, 9.17) is 0 Å². The molecule has 0 spiro atoms. The molecule has 2 aliphatic heterocycles. The molecule has 2 aliphatic rings. The van der Waals surface area contributed by atoms with Crippen molar-refractivity contribution in [3.63, 3.8) is 0 Å². The van der Waals surface area contributed by atoms with Crippen LogP contribution in [0.2, 0.25) is 0 Å². The van der Waals surface area contributed by atoms with E-state index in [1.54, 1.807) is 7.05 Å². The van der Waals surface area contributed by atoms with Crippen molar-refractivity contribution in [2.75, 3.05) is 32.4 Å². The third kappa shape index (κ3) is 3.42. The third-order valence-electron chi connectivity index (χ3n) is 4.80. The molecule has 3 heterocycles. The molecule has 0 bridgehead atoms. The van der Waals surface area contributed by atoms with Gasteiger partial charge in [0.2, 0.25) is 30.9 Å². The van der Waals surface area contributed by atoms with Crippen LogP contribution in [0.1, 0.15) is 12.8 Å². The fourth-order valence-electron chi connectivity index (χ4n) is 3.19. The molecule has 1 aromatic rings. The van der Waals surface area contributed by atoms with Crippen molar-refractivity contribution in [2.45, 2.75) is 23.2 Å². The van der Waals surface area contributed by atoms with Crippen molar-refractivity contribution in [2.24, 2.45) is 13.0 Å². The first-order valence-corrected chi connectivity index (χ1v) is 11.3. The molecule has 1 aromatic heterocycles. The quantitative estimate of drug-likeness (QED) is 0.610. The van der Waals surface area contributed by atoms with Gasteiger partial charge in [0.05, 0.1) is 6.26 Å². The molecule has 3 rings (SSSR count). The van der Waals surface area contributed by atoms with E-state index in [0.717, 1.165) is 6.26 Å². The van der Waals surface area contributed by atoms with Crippen LogP contribution < -0.4 is 0 Å². The molecule has 12 heteroatoms. The lowest BCUT2D eigenvalue weighted by Gasteiger charge is -2.41. The summed E-state index contributed by atoms with van der Waals surface area (Å²) < 4.78 is 50.7. The molecule has 1 amide bonds. The molecule has 0 radical (unpaired) electrons. The Balaban J connectivity index is 1.57. The van der Waals surface area contributed by atoms with E-state index in [1.165, 1.54) is 20.1 Å². The van der Waals surface area contributed by atoms with Crippen LogP contribution in [0.5, 0.6) is 0 Å². The Kier molecular flexibility index (Phi) is 4.62. The van der Waals surface area contributed by atoms with E-state index in [1.807, 2.05) is 0 Å². The molecule has 0 unspecified atom stereocenters. The number of aromatic nitrogens is 3. The highest BCUT2D eigenvalue weighted by molar-refractivity contribution is 7.92. The maximum Gasteiger partial charge on any atom is 0.249 e. The number of carbonyl (C=O) groups is 1. The first-order valence-electron chi connectivity index (χ1n) is 7.92. The highest BCUT2D eigenvalue weighted by atomic mass is 32.2. The minimum atomic E-state index is -3.61. The second-order valence-corrected chi connectivity index (χ2v) is 10.7. The van der Waals surface area contributed by atoms with Gasteiger partial charge in [-0.2, -0.15) is 0 Å². The summed E-state index contributed by atoms with van der Waals surface area (Å²) in [6, 6.07) is 0. The molecule has 2 saturated heterocycles. The Morgan fingerprint density at radius 3 is 2.24 bits per heavy atom. The van der Waals surface area contributed by atoms with Crippen LogP contribution in [0.25, 0.3) is 0 Å². The van der Waals surface area contributed by atoms with Crippen molar-refractivity contribution in [1.29, 1.82) is 0 Å². The minimum Gasteiger partial charge on any atom is -0.340 e. The SMILES string of the molecule is Cn1cnnc1S(=O)(=O)C1CN(C(=O)C2CCN(S(C)(=O)=O)CC2)C1. The first kappa shape index (κ1) is 18.3. The number of likely N-dealkylation sites (tertiary alicyclic amines) is 1. The first-order chi connectivity index (χ1) is 11.6. The van der Waals surface area contributed by atoms with Gasteiger partial charge in [-0.05, 0) is 12.8 Å². The molecule has 0 aromatic carbocycles. The molecule has 0 atom stereocenters. The number of nitrogens with zero attached hydrogens (tertiary/aromatic N) is 5.